The van der Waals surface area contributed by atoms with Crippen LogP contribution in [0.15, 0.2) is 30.4 Å². The molecule has 1 aromatic carbocycles. The summed E-state index contributed by atoms with van der Waals surface area (Å²) in [6.45, 7) is 4.09. The molecule has 1 aliphatic carbocycles. The van der Waals surface area contributed by atoms with E-state index in [1.807, 2.05) is 44.2 Å². The first kappa shape index (κ1) is 13.6. The molecule has 3 N–H and O–H groups in total. The van der Waals surface area contributed by atoms with E-state index in [9.17, 15) is 4.79 Å². The first-order chi connectivity index (χ1) is 9.08. The van der Waals surface area contributed by atoms with Crippen LogP contribution in [0.2, 0.25) is 0 Å². The Bertz CT molecular complexity index is 497. The highest BCUT2D eigenvalue weighted by Gasteiger charge is 2.19. The zero-order valence-electron chi connectivity index (χ0n) is 11.3. The number of benzene rings is 1. The number of anilines is 1. The summed E-state index contributed by atoms with van der Waals surface area (Å²) in [6, 6.07) is 5.76. The van der Waals surface area contributed by atoms with Crippen LogP contribution in [0.3, 0.4) is 0 Å². The highest BCUT2D eigenvalue weighted by atomic mass is 16.3. The van der Waals surface area contributed by atoms with Crippen LogP contribution in [0.4, 0.5) is 10.5 Å². The SMILES string of the molecule is Cc1ccc(C)c(NC(=O)N[C@@H]2C=C[C@H](CO)C2)c1. The van der Waals surface area contributed by atoms with Gasteiger partial charge in [-0.2, -0.15) is 0 Å². The second-order valence-electron chi connectivity index (χ2n) is 5.09. The lowest BCUT2D eigenvalue weighted by Crippen LogP contribution is -2.36. The molecule has 2 atom stereocenters. The van der Waals surface area contributed by atoms with Gasteiger partial charge in [-0.05, 0) is 37.5 Å². The van der Waals surface area contributed by atoms with E-state index in [4.69, 9.17) is 5.11 Å². The van der Waals surface area contributed by atoms with Crippen molar-refractivity contribution in [3.63, 3.8) is 0 Å². The number of nitrogens with one attached hydrogen (secondary N) is 2. The summed E-state index contributed by atoms with van der Waals surface area (Å²) in [5.41, 5.74) is 2.98. The number of rotatable bonds is 3. The monoisotopic (exact) mass is 260 g/mol. The average molecular weight is 260 g/mol. The number of hydrogen-bond acceptors (Lipinski definition) is 2. The summed E-state index contributed by atoms with van der Waals surface area (Å²) < 4.78 is 0. The molecule has 0 spiro atoms. The predicted molar refractivity (Wildman–Crippen MR) is 76.2 cm³/mol. The molecule has 4 nitrogen and oxygen atoms in total. The fourth-order valence-electron chi connectivity index (χ4n) is 2.21. The Hall–Kier alpha value is -1.81. The average Bonchev–Trinajstić information content (AvgIpc) is 2.81. The van der Waals surface area contributed by atoms with Crippen LogP contribution < -0.4 is 10.6 Å². The van der Waals surface area contributed by atoms with E-state index in [2.05, 4.69) is 10.6 Å². The van der Waals surface area contributed by atoms with Crippen LogP contribution in [0, 0.1) is 19.8 Å². The Balaban J connectivity index is 1.91. The van der Waals surface area contributed by atoms with E-state index < -0.39 is 0 Å². The Labute approximate surface area is 113 Å². The van der Waals surface area contributed by atoms with E-state index in [0.29, 0.717) is 0 Å². The molecule has 0 aromatic heterocycles. The molecule has 0 unspecified atom stereocenters. The van der Waals surface area contributed by atoms with Crippen LogP contribution in [0.25, 0.3) is 0 Å². The lowest BCUT2D eigenvalue weighted by Gasteiger charge is -2.15. The smallest absolute Gasteiger partial charge is 0.319 e. The van der Waals surface area contributed by atoms with Gasteiger partial charge in [-0.15, -0.1) is 0 Å². The molecule has 2 amide bonds. The zero-order chi connectivity index (χ0) is 13.8. The van der Waals surface area contributed by atoms with Crippen LogP contribution >= 0.6 is 0 Å². The Morgan fingerprint density at radius 3 is 2.84 bits per heavy atom. The molecule has 4 heteroatoms. The summed E-state index contributed by atoms with van der Waals surface area (Å²) >= 11 is 0. The minimum Gasteiger partial charge on any atom is -0.396 e. The van der Waals surface area contributed by atoms with Gasteiger partial charge >= 0.3 is 6.03 Å². The van der Waals surface area contributed by atoms with Crippen LogP contribution in [0.5, 0.6) is 0 Å². The molecular weight excluding hydrogens is 240 g/mol. The number of aryl methyl sites for hydroxylation is 2. The van der Waals surface area contributed by atoms with Gasteiger partial charge in [0.15, 0.2) is 0 Å². The minimum absolute atomic E-state index is 0.00210. The van der Waals surface area contributed by atoms with E-state index in [0.717, 1.165) is 23.2 Å². The molecule has 0 aliphatic heterocycles. The highest BCUT2D eigenvalue weighted by molar-refractivity contribution is 5.90. The highest BCUT2D eigenvalue weighted by Crippen LogP contribution is 2.18. The third-order valence-electron chi connectivity index (χ3n) is 3.36. The van der Waals surface area contributed by atoms with Gasteiger partial charge in [0.25, 0.3) is 0 Å². The van der Waals surface area contributed by atoms with Gasteiger partial charge in [-0.25, -0.2) is 4.79 Å². The normalized spacial score (nSPS) is 21.4. The van der Waals surface area contributed by atoms with Crippen molar-refractivity contribution in [2.24, 2.45) is 5.92 Å². The van der Waals surface area contributed by atoms with Gasteiger partial charge in [0.2, 0.25) is 0 Å². The maximum absolute atomic E-state index is 11.9. The van der Waals surface area contributed by atoms with Crippen molar-refractivity contribution in [2.75, 3.05) is 11.9 Å². The molecule has 0 radical (unpaired) electrons. The van der Waals surface area contributed by atoms with E-state index >= 15 is 0 Å². The topological polar surface area (TPSA) is 61.4 Å². The molecule has 0 saturated heterocycles. The lowest BCUT2D eigenvalue weighted by atomic mass is 10.1. The second kappa shape index (κ2) is 5.89. The minimum atomic E-state index is -0.207. The number of aliphatic hydroxyl groups is 1. The largest absolute Gasteiger partial charge is 0.396 e. The van der Waals surface area contributed by atoms with Gasteiger partial charge in [-0.3, -0.25) is 0 Å². The van der Waals surface area contributed by atoms with Crippen LogP contribution in [0.1, 0.15) is 17.5 Å². The van der Waals surface area contributed by atoms with Crippen molar-refractivity contribution >= 4 is 11.7 Å². The third kappa shape index (κ3) is 3.58. The molecule has 0 bridgehead atoms. The number of hydrogen-bond donors (Lipinski definition) is 3. The molecule has 1 aliphatic rings. The van der Waals surface area contributed by atoms with Crippen LogP contribution in [-0.4, -0.2) is 23.8 Å². The van der Waals surface area contributed by atoms with Gasteiger partial charge in [0.05, 0.1) is 0 Å². The van der Waals surface area contributed by atoms with Gasteiger partial charge in [0.1, 0.15) is 0 Å². The second-order valence-corrected chi connectivity index (χ2v) is 5.09. The zero-order valence-corrected chi connectivity index (χ0v) is 11.3. The standard InChI is InChI=1S/C15H20N2O2/c1-10-3-4-11(2)14(7-10)17-15(19)16-13-6-5-12(8-13)9-18/h3-7,12-13,18H,8-9H2,1-2H3,(H2,16,17,19)/t12-,13+/m0/s1. The summed E-state index contributed by atoms with van der Waals surface area (Å²) in [5, 5.41) is 14.8. The quantitative estimate of drug-likeness (QED) is 0.731. The number of aliphatic hydroxyl groups excluding tert-OH is 1. The maximum atomic E-state index is 11.9. The van der Waals surface area contributed by atoms with Crippen molar-refractivity contribution in [1.29, 1.82) is 0 Å². The van der Waals surface area contributed by atoms with E-state index in [1.54, 1.807) is 0 Å². The summed E-state index contributed by atoms with van der Waals surface area (Å²) in [6.07, 6.45) is 4.64. The Morgan fingerprint density at radius 2 is 2.16 bits per heavy atom. The molecule has 102 valence electrons. The first-order valence-electron chi connectivity index (χ1n) is 6.52. The molecule has 0 heterocycles. The van der Waals surface area contributed by atoms with Crippen LogP contribution in [-0.2, 0) is 0 Å². The number of carbonyl (C=O) groups is 1. The van der Waals surface area contributed by atoms with Crippen molar-refractivity contribution in [2.45, 2.75) is 26.3 Å². The molecule has 0 saturated carbocycles. The number of amides is 2. The summed E-state index contributed by atoms with van der Waals surface area (Å²) in [5.74, 6) is 0.158. The molecule has 19 heavy (non-hydrogen) atoms. The van der Waals surface area contributed by atoms with Crippen molar-refractivity contribution in [3.05, 3.63) is 41.5 Å². The molecule has 0 fully saturated rings. The van der Waals surface area contributed by atoms with Gasteiger partial charge in [0, 0.05) is 24.3 Å². The third-order valence-corrected chi connectivity index (χ3v) is 3.36. The lowest BCUT2D eigenvalue weighted by molar-refractivity contribution is 0.238. The fourth-order valence-corrected chi connectivity index (χ4v) is 2.21. The van der Waals surface area contributed by atoms with E-state index in [-0.39, 0.29) is 24.6 Å². The van der Waals surface area contributed by atoms with Crippen molar-refractivity contribution in [3.8, 4) is 0 Å². The maximum Gasteiger partial charge on any atom is 0.319 e. The van der Waals surface area contributed by atoms with E-state index in [1.165, 1.54) is 0 Å². The Morgan fingerprint density at radius 1 is 1.37 bits per heavy atom. The summed E-state index contributed by atoms with van der Waals surface area (Å²) in [7, 11) is 0. The molecule has 2 rings (SSSR count). The summed E-state index contributed by atoms with van der Waals surface area (Å²) in [4.78, 5) is 11.9. The van der Waals surface area contributed by atoms with Gasteiger partial charge in [-0.1, -0.05) is 24.3 Å². The predicted octanol–water partition coefficient (Wildman–Crippen LogP) is 2.36. The van der Waals surface area contributed by atoms with Crippen molar-refractivity contribution < 1.29 is 9.90 Å². The van der Waals surface area contributed by atoms with Crippen molar-refractivity contribution in [1.82, 2.24) is 5.32 Å². The number of urea groups is 1. The number of carbonyl (C=O) groups excluding carboxylic acids is 1. The first-order valence-corrected chi connectivity index (χ1v) is 6.52. The Kier molecular flexibility index (Phi) is 4.22. The van der Waals surface area contributed by atoms with Gasteiger partial charge < -0.3 is 15.7 Å². The fraction of sp³-hybridized carbons (Fsp3) is 0.400. The molecular formula is C15H20N2O2. The molecule has 1 aromatic rings.